The maximum Gasteiger partial charge on any atom is 0.224 e. The number of carbonyl (C=O) groups excluding carboxylic acids is 1. The van der Waals surface area contributed by atoms with E-state index >= 15 is 0 Å². The third kappa shape index (κ3) is 4.85. The molecule has 2 aromatic rings. The molecule has 1 aromatic heterocycles. The van der Waals surface area contributed by atoms with Crippen molar-refractivity contribution in [3.05, 3.63) is 40.4 Å². The van der Waals surface area contributed by atoms with Gasteiger partial charge in [-0.15, -0.1) is 10.2 Å². The lowest BCUT2D eigenvalue weighted by atomic mass is 10.1. The lowest BCUT2D eigenvalue weighted by Crippen LogP contribution is -2.15. The van der Waals surface area contributed by atoms with Crippen LogP contribution in [0.1, 0.15) is 62.8 Å². The Kier molecular flexibility index (Phi) is 5.97. The van der Waals surface area contributed by atoms with Gasteiger partial charge in [0.15, 0.2) is 0 Å². The minimum Gasteiger partial charge on any atom is -0.326 e. The van der Waals surface area contributed by atoms with Crippen LogP contribution in [0.5, 0.6) is 0 Å². The van der Waals surface area contributed by atoms with Crippen LogP contribution in [0.2, 0.25) is 5.02 Å². The second-order valence-corrected chi connectivity index (χ2v) is 8.01. The number of rotatable bonds is 8. The molecule has 0 saturated heterocycles. The summed E-state index contributed by atoms with van der Waals surface area (Å²) in [7, 11) is 0. The summed E-state index contributed by atoms with van der Waals surface area (Å²) < 4.78 is 2.28. The maximum atomic E-state index is 12.3. The number of halogens is 1. The van der Waals surface area contributed by atoms with E-state index in [9.17, 15) is 4.79 Å². The molecule has 1 fully saturated rings. The predicted octanol–water partition coefficient (Wildman–Crippen LogP) is 4.73. The van der Waals surface area contributed by atoms with Crippen molar-refractivity contribution in [1.29, 1.82) is 0 Å². The highest BCUT2D eigenvalue weighted by Gasteiger charge is 2.29. The van der Waals surface area contributed by atoms with Gasteiger partial charge in [0, 0.05) is 36.0 Å². The first-order chi connectivity index (χ1) is 12.4. The Morgan fingerprint density at radius 1 is 1.27 bits per heavy atom. The molecule has 5 nitrogen and oxygen atoms in total. The zero-order valence-electron chi connectivity index (χ0n) is 15.8. The average molecular weight is 375 g/mol. The number of amides is 1. The highest BCUT2D eigenvalue weighted by Crippen LogP contribution is 2.37. The molecule has 0 aliphatic heterocycles. The smallest absolute Gasteiger partial charge is 0.224 e. The Bertz CT molecular complexity index is 780. The van der Waals surface area contributed by atoms with Crippen LogP contribution in [0.3, 0.4) is 0 Å². The monoisotopic (exact) mass is 374 g/mol. The largest absolute Gasteiger partial charge is 0.326 e. The molecular weight excluding hydrogens is 348 g/mol. The molecule has 1 aliphatic rings. The van der Waals surface area contributed by atoms with E-state index in [1.165, 1.54) is 12.8 Å². The number of nitrogens with one attached hydrogen (secondary N) is 1. The molecule has 0 spiro atoms. The molecule has 0 atom stereocenters. The summed E-state index contributed by atoms with van der Waals surface area (Å²) in [5.41, 5.74) is 1.77. The minimum atomic E-state index is -0.00972. The first-order valence-electron chi connectivity index (χ1n) is 9.42. The molecule has 1 amide bonds. The van der Waals surface area contributed by atoms with E-state index in [4.69, 9.17) is 11.6 Å². The van der Waals surface area contributed by atoms with Crippen LogP contribution in [-0.4, -0.2) is 20.7 Å². The van der Waals surface area contributed by atoms with Crippen molar-refractivity contribution in [2.24, 2.45) is 5.92 Å². The van der Waals surface area contributed by atoms with Gasteiger partial charge in [0.1, 0.15) is 11.6 Å². The van der Waals surface area contributed by atoms with E-state index in [0.29, 0.717) is 29.8 Å². The number of hydrogen-bond acceptors (Lipinski definition) is 3. The predicted molar refractivity (Wildman–Crippen MR) is 105 cm³/mol. The molecule has 1 aliphatic carbocycles. The van der Waals surface area contributed by atoms with E-state index in [2.05, 4.69) is 33.9 Å². The fraction of sp³-hybridized carbons (Fsp3) is 0.550. The van der Waals surface area contributed by atoms with Gasteiger partial charge in [0.25, 0.3) is 0 Å². The molecule has 1 aromatic carbocycles. The van der Waals surface area contributed by atoms with E-state index in [-0.39, 0.29) is 5.91 Å². The topological polar surface area (TPSA) is 59.8 Å². The summed E-state index contributed by atoms with van der Waals surface area (Å²) in [5, 5.41) is 12.4. The zero-order chi connectivity index (χ0) is 18.7. The number of aryl methyl sites for hydroxylation is 3. The van der Waals surface area contributed by atoms with Gasteiger partial charge in [-0.25, -0.2) is 0 Å². The summed E-state index contributed by atoms with van der Waals surface area (Å²) in [4.78, 5) is 12.3. The number of aromatic nitrogens is 3. The summed E-state index contributed by atoms with van der Waals surface area (Å²) in [5.74, 6) is 2.65. The molecular formula is C20H27ClN4O. The van der Waals surface area contributed by atoms with Crippen molar-refractivity contribution < 1.29 is 4.79 Å². The van der Waals surface area contributed by atoms with Crippen molar-refractivity contribution in [3.8, 4) is 0 Å². The van der Waals surface area contributed by atoms with Crippen LogP contribution in [0.4, 0.5) is 5.69 Å². The lowest BCUT2D eigenvalue weighted by molar-refractivity contribution is -0.116. The normalized spacial score (nSPS) is 14.0. The summed E-state index contributed by atoms with van der Waals surface area (Å²) in [6, 6.07) is 6.01. The first kappa shape index (κ1) is 18.9. The third-order valence-electron chi connectivity index (χ3n) is 4.73. The van der Waals surface area contributed by atoms with Gasteiger partial charge in [-0.05, 0) is 55.9 Å². The van der Waals surface area contributed by atoms with Crippen LogP contribution < -0.4 is 5.32 Å². The van der Waals surface area contributed by atoms with Gasteiger partial charge in [-0.3, -0.25) is 4.79 Å². The van der Waals surface area contributed by atoms with Crippen LogP contribution in [-0.2, 0) is 17.6 Å². The van der Waals surface area contributed by atoms with Crippen LogP contribution in [0, 0.1) is 12.8 Å². The maximum absolute atomic E-state index is 12.3. The molecule has 140 valence electrons. The molecule has 1 heterocycles. The van der Waals surface area contributed by atoms with Gasteiger partial charge in [-0.1, -0.05) is 25.4 Å². The van der Waals surface area contributed by atoms with E-state index in [0.717, 1.165) is 35.7 Å². The molecule has 6 heteroatoms. The quantitative estimate of drug-likeness (QED) is 0.726. The summed E-state index contributed by atoms with van der Waals surface area (Å²) in [6.45, 7) is 6.38. The molecule has 26 heavy (non-hydrogen) atoms. The molecule has 0 bridgehead atoms. The Balaban J connectivity index is 1.61. The Labute approximate surface area is 160 Å². The van der Waals surface area contributed by atoms with E-state index in [1.54, 1.807) is 6.07 Å². The fourth-order valence-electron chi connectivity index (χ4n) is 3.08. The second-order valence-electron chi connectivity index (χ2n) is 7.57. The van der Waals surface area contributed by atoms with Crippen molar-refractivity contribution in [2.45, 2.75) is 65.3 Å². The lowest BCUT2D eigenvalue weighted by Gasteiger charge is -2.11. The van der Waals surface area contributed by atoms with E-state index in [1.807, 2.05) is 19.1 Å². The highest BCUT2D eigenvalue weighted by molar-refractivity contribution is 6.30. The molecule has 0 radical (unpaired) electrons. The molecule has 1 saturated carbocycles. The number of benzene rings is 1. The Morgan fingerprint density at radius 3 is 2.58 bits per heavy atom. The minimum absolute atomic E-state index is 0.00972. The van der Waals surface area contributed by atoms with Crippen molar-refractivity contribution in [2.75, 3.05) is 5.32 Å². The van der Waals surface area contributed by atoms with Crippen LogP contribution in [0.25, 0.3) is 0 Å². The number of carbonyl (C=O) groups is 1. The number of hydrogen-bond donors (Lipinski definition) is 1. The Morgan fingerprint density at radius 2 is 1.96 bits per heavy atom. The average Bonchev–Trinajstić information content (AvgIpc) is 3.34. The molecule has 1 N–H and O–H groups in total. The fourth-order valence-corrected chi connectivity index (χ4v) is 3.31. The zero-order valence-corrected chi connectivity index (χ0v) is 16.5. The van der Waals surface area contributed by atoms with Gasteiger partial charge < -0.3 is 9.88 Å². The Hall–Kier alpha value is -1.88. The van der Waals surface area contributed by atoms with Crippen LogP contribution >= 0.6 is 11.6 Å². The molecule has 0 unspecified atom stereocenters. The standard InChI is InChI=1S/C20H27ClN4O/c1-13(2)4-9-18-23-24-19(25(18)16-6-7-16)10-11-20(26)22-17-8-5-15(21)12-14(17)3/h5,8,12-13,16H,4,6-7,9-11H2,1-3H3,(H,22,26). The summed E-state index contributed by atoms with van der Waals surface area (Å²) >= 11 is 5.96. The SMILES string of the molecule is Cc1cc(Cl)ccc1NC(=O)CCc1nnc(CCC(C)C)n1C1CC1. The molecule has 3 rings (SSSR count). The second kappa shape index (κ2) is 8.21. The van der Waals surface area contributed by atoms with E-state index < -0.39 is 0 Å². The van der Waals surface area contributed by atoms with Crippen molar-refractivity contribution >= 4 is 23.2 Å². The van der Waals surface area contributed by atoms with Gasteiger partial charge in [-0.2, -0.15) is 0 Å². The summed E-state index contributed by atoms with van der Waals surface area (Å²) in [6.07, 6.45) is 5.46. The van der Waals surface area contributed by atoms with Crippen LogP contribution in [0.15, 0.2) is 18.2 Å². The number of anilines is 1. The third-order valence-corrected chi connectivity index (χ3v) is 4.97. The highest BCUT2D eigenvalue weighted by atomic mass is 35.5. The van der Waals surface area contributed by atoms with Crippen molar-refractivity contribution in [1.82, 2.24) is 14.8 Å². The van der Waals surface area contributed by atoms with Gasteiger partial charge in [0.05, 0.1) is 0 Å². The van der Waals surface area contributed by atoms with Crippen molar-refractivity contribution in [3.63, 3.8) is 0 Å². The van der Waals surface area contributed by atoms with Gasteiger partial charge >= 0.3 is 0 Å². The van der Waals surface area contributed by atoms with Gasteiger partial charge in [0.2, 0.25) is 5.91 Å². The first-order valence-corrected chi connectivity index (χ1v) is 9.80. The number of nitrogens with zero attached hydrogens (tertiary/aromatic N) is 3.